The van der Waals surface area contributed by atoms with Gasteiger partial charge in [-0.05, 0) is 17.7 Å². The number of aromatic nitrogens is 3. The van der Waals surface area contributed by atoms with E-state index in [1.54, 1.807) is 0 Å². The lowest BCUT2D eigenvalue weighted by Gasteiger charge is -2.00. The van der Waals surface area contributed by atoms with E-state index in [9.17, 15) is 0 Å². The monoisotopic (exact) mass is 258 g/mol. The molecule has 0 radical (unpaired) electrons. The minimum absolute atomic E-state index is 0.0132. The van der Waals surface area contributed by atoms with Crippen LogP contribution < -0.4 is 0 Å². The maximum absolute atomic E-state index is 8.74. The van der Waals surface area contributed by atoms with Crippen molar-refractivity contribution in [2.24, 2.45) is 0 Å². The van der Waals surface area contributed by atoms with E-state index >= 15 is 0 Å². The van der Waals surface area contributed by atoms with Crippen LogP contribution in [0.5, 0.6) is 0 Å². The summed E-state index contributed by atoms with van der Waals surface area (Å²) in [6, 6.07) is 3.36. The molecule has 2 rings (SSSR count). The summed E-state index contributed by atoms with van der Waals surface area (Å²) in [5.41, 5.74) is 0.487. The number of fused-ring (bicyclic) bond motifs is 1. The number of rotatable bonds is 0. The first-order valence-corrected chi connectivity index (χ1v) is 4.84. The lowest BCUT2D eigenvalue weighted by atomic mass is 10.2. The molecule has 0 aliphatic carbocycles. The van der Waals surface area contributed by atoms with E-state index in [1.807, 2.05) is 6.07 Å². The van der Waals surface area contributed by atoms with Crippen LogP contribution in [0.1, 0.15) is 5.56 Å². The van der Waals surface area contributed by atoms with Crippen molar-refractivity contribution < 1.29 is 0 Å². The van der Waals surface area contributed by atoms with E-state index in [1.165, 1.54) is 6.07 Å². The SMILES string of the molecule is N#Cc1cc2c(Cl)nc(Cl)nc2nc1Cl. The highest BCUT2D eigenvalue weighted by molar-refractivity contribution is 6.36. The van der Waals surface area contributed by atoms with Crippen LogP contribution in [-0.4, -0.2) is 15.0 Å². The van der Waals surface area contributed by atoms with Gasteiger partial charge in [-0.2, -0.15) is 10.2 Å². The van der Waals surface area contributed by atoms with Gasteiger partial charge in [0.15, 0.2) is 5.65 Å². The Labute approximate surface area is 99.4 Å². The van der Waals surface area contributed by atoms with E-state index in [4.69, 9.17) is 40.1 Å². The Morgan fingerprint density at radius 1 is 1.07 bits per heavy atom. The Kier molecular flexibility index (Phi) is 2.61. The first-order chi connectivity index (χ1) is 7.11. The largest absolute Gasteiger partial charge is 0.225 e. The van der Waals surface area contributed by atoms with E-state index in [2.05, 4.69) is 15.0 Å². The maximum Gasteiger partial charge on any atom is 0.225 e. The summed E-state index contributed by atoms with van der Waals surface area (Å²) in [6.07, 6.45) is 0. The molecule has 0 aromatic carbocycles. The molecule has 2 aromatic heterocycles. The number of nitrogens with zero attached hydrogens (tertiary/aromatic N) is 4. The van der Waals surface area contributed by atoms with Crippen LogP contribution in [0, 0.1) is 11.3 Å². The third kappa shape index (κ3) is 1.82. The fourth-order valence-corrected chi connectivity index (χ4v) is 1.65. The van der Waals surface area contributed by atoms with Crippen LogP contribution in [0.15, 0.2) is 6.07 Å². The standard InChI is InChI=1S/C8HCl3N4/c9-5-3(2-12)1-4-6(10)14-8(11)15-7(4)13-5/h1H. The highest BCUT2D eigenvalue weighted by Gasteiger charge is 2.10. The van der Waals surface area contributed by atoms with Gasteiger partial charge in [0, 0.05) is 0 Å². The van der Waals surface area contributed by atoms with Crippen LogP contribution in [-0.2, 0) is 0 Å². The van der Waals surface area contributed by atoms with Crippen molar-refractivity contribution in [2.45, 2.75) is 0 Å². The van der Waals surface area contributed by atoms with Gasteiger partial charge in [0.05, 0.1) is 10.9 Å². The van der Waals surface area contributed by atoms with Crippen molar-refractivity contribution in [3.05, 3.63) is 27.2 Å². The molecule has 15 heavy (non-hydrogen) atoms. The summed E-state index contributed by atoms with van der Waals surface area (Å²) in [5.74, 6) is 0. The molecule has 0 aliphatic rings. The highest BCUT2D eigenvalue weighted by atomic mass is 35.5. The van der Waals surface area contributed by atoms with Gasteiger partial charge in [-0.1, -0.05) is 23.2 Å². The first-order valence-electron chi connectivity index (χ1n) is 3.71. The molecule has 0 N–H and O–H groups in total. The molecule has 2 heterocycles. The molecule has 0 saturated carbocycles. The molecular weight excluding hydrogens is 258 g/mol. The molecule has 0 saturated heterocycles. The van der Waals surface area contributed by atoms with Crippen LogP contribution in [0.2, 0.25) is 15.6 Å². The van der Waals surface area contributed by atoms with Crippen LogP contribution in [0.4, 0.5) is 0 Å². The zero-order chi connectivity index (χ0) is 11.0. The van der Waals surface area contributed by atoms with Crippen molar-refractivity contribution in [3.8, 4) is 6.07 Å². The summed E-state index contributed by atoms with van der Waals surface area (Å²) < 4.78 is 0. The van der Waals surface area contributed by atoms with Crippen molar-refractivity contribution in [2.75, 3.05) is 0 Å². The van der Waals surface area contributed by atoms with Gasteiger partial charge < -0.3 is 0 Å². The fourth-order valence-electron chi connectivity index (χ4n) is 1.05. The van der Waals surface area contributed by atoms with Gasteiger partial charge >= 0.3 is 0 Å². The summed E-state index contributed by atoms with van der Waals surface area (Å²) in [4.78, 5) is 11.5. The Balaban J connectivity index is 2.89. The van der Waals surface area contributed by atoms with E-state index in [0.717, 1.165) is 0 Å². The molecule has 0 amide bonds. The third-order valence-corrected chi connectivity index (χ3v) is 2.43. The van der Waals surface area contributed by atoms with Crippen molar-refractivity contribution in [1.82, 2.24) is 15.0 Å². The Hall–Kier alpha value is -1.15. The lowest BCUT2D eigenvalue weighted by Crippen LogP contribution is -1.92. The minimum atomic E-state index is -0.0132. The quantitative estimate of drug-likeness (QED) is 0.414. The minimum Gasteiger partial charge on any atom is -0.215 e. The van der Waals surface area contributed by atoms with Gasteiger partial charge in [-0.25, -0.2) is 9.97 Å². The molecule has 0 aliphatic heterocycles. The summed E-state index contributed by atoms with van der Waals surface area (Å²) in [5, 5.41) is 9.38. The number of pyridine rings is 1. The topological polar surface area (TPSA) is 62.5 Å². The van der Waals surface area contributed by atoms with Gasteiger partial charge in [0.2, 0.25) is 5.28 Å². The van der Waals surface area contributed by atoms with Crippen LogP contribution in [0.3, 0.4) is 0 Å². The van der Waals surface area contributed by atoms with Gasteiger partial charge in [-0.15, -0.1) is 0 Å². The normalized spacial score (nSPS) is 10.3. The number of halogens is 3. The molecule has 74 valence electrons. The highest BCUT2D eigenvalue weighted by Crippen LogP contribution is 2.24. The molecule has 7 heteroatoms. The Morgan fingerprint density at radius 3 is 2.47 bits per heavy atom. The molecule has 4 nitrogen and oxygen atoms in total. The van der Waals surface area contributed by atoms with Gasteiger partial charge in [0.1, 0.15) is 16.4 Å². The maximum atomic E-state index is 8.74. The van der Waals surface area contributed by atoms with Gasteiger partial charge in [0.25, 0.3) is 0 Å². The average Bonchev–Trinajstić information content (AvgIpc) is 2.16. The second kappa shape index (κ2) is 3.78. The second-order valence-corrected chi connectivity index (χ2v) is 3.65. The first kappa shape index (κ1) is 10.4. The Morgan fingerprint density at radius 2 is 1.80 bits per heavy atom. The molecule has 0 unspecified atom stereocenters. The molecular formula is C8HCl3N4. The Bertz CT molecular complexity index is 590. The fraction of sp³-hybridized carbons (Fsp3) is 0. The van der Waals surface area contributed by atoms with E-state index in [0.29, 0.717) is 5.39 Å². The van der Waals surface area contributed by atoms with Crippen LogP contribution in [0.25, 0.3) is 11.0 Å². The van der Waals surface area contributed by atoms with Crippen molar-refractivity contribution >= 4 is 45.8 Å². The number of hydrogen-bond donors (Lipinski definition) is 0. The average molecular weight is 259 g/mol. The zero-order valence-corrected chi connectivity index (χ0v) is 9.27. The molecule has 2 aromatic rings. The van der Waals surface area contributed by atoms with E-state index in [-0.39, 0.29) is 26.8 Å². The summed E-state index contributed by atoms with van der Waals surface area (Å²) >= 11 is 17.1. The predicted octanol–water partition coefficient (Wildman–Crippen LogP) is 2.86. The smallest absolute Gasteiger partial charge is 0.215 e. The summed E-state index contributed by atoms with van der Waals surface area (Å²) in [6.45, 7) is 0. The number of nitriles is 1. The predicted molar refractivity (Wildman–Crippen MR) is 57.1 cm³/mol. The molecule has 0 bridgehead atoms. The second-order valence-electron chi connectivity index (χ2n) is 2.59. The van der Waals surface area contributed by atoms with Crippen LogP contribution >= 0.6 is 34.8 Å². The third-order valence-electron chi connectivity index (χ3n) is 1.69. The molecule has 0 fully saturated rings. The number of hydrogen-bond acceptors (Lipinski definition) is 4. The zero-order valence-electron chi connectivity index (χ0n) is 7.00. The van der Waals surface area contributed by atoms with Crippen molar-refractivity contribution in [1.29, 1.82) is 5.26 Å². The van der Waals surface area contributed by atoms with Gasteiger partial charge in [-0.3, -0.25) is 0 Å². The summed E-state index contributed by atoms with van der Waals surface area (Å²) in [7, 11) is 0. The molecule has 0 spiro atoms. The molecule has 0 atom stereocenters. The lowest BCUT2D eigenvalue weighted by molar-refractivity contribution is 1.18. The van der Waals surface area contributed by atoms with E-state index < -0.39 is 0 Å². The van der Waals surface area contributed by atoms with Crippen molar-refractivity contribution in [3.63, 3.8) is 0 Å².